The Bertz CT molecular complexity index is 1230. The van der Waals surface area contributed by atoms with E-state index in [-0.39, 0.29) is 23.9 Å². The van der Waals surface area contributed by atoms with Gasteiger partial charge in [-0.05, 0) is 49.7 Å². The zero-order valence-corrected chi connectivity index (χ0v) is 18.3. The van der Waals surface area contributed by atoms with Crippen molar-refractivity contribution in [1.29, 1.82) is 0 Å². The molecule has 0 bridgehead atoms. The lowest BCUT2D eigenvalue weighted by Gasteiger charge is -2.21. The Labute approximate surface area is 192 Å². The summed E-state index contributed by atoms with van der Waals surface area (Å²) in [5.74, 6) is -1.28. The van der Waals surface area contributed by atoms with Gasteiger partial charge in [0, 0.05) is 18.2 Å². The number of ether oxygens (including phenoxy) is 1. The molecule has 2 aromatic carbocycles. The first-order valence-corrected chi connectivity index (χ1v) is 10.2. The first-order chi connectivity index (χ1) is 15.9. The van der Waals surface area contributed by atoms with Crippen LogP contribution in [0.2, 0.25) is 0 Å². The predicted octanol–water partition coefficient (Wildman–Crippen LogP) is 3.70. The van der Waals surface area contributed by atoms with E-state index < -0.39 is 35.9 Å². The summed E-state index contributed by atoms with van der Waals surface area (Å²) in [6.45, 7) is 3.12. The quantitative estimate of drug-likeness (QED) is 0.515. The Kier molecular flexibility index (Phi) is 7.14. The Morgan fingerprint density at radius 1 is 1.12 bits per heavy atom. The van der Waals surface area contributed by atoms with Gasteiger partial charge in [-0.2, -0.15) is 13.2 Å². The van der Waals surface area contributed by atoms with E-state index in [4.69, 9.17) is 4.74 Å². The Morgan fingerprint density at radius 3 is 2.35 bits per heavy atom. The van der Waals surface area contributed by atoms with E-state index >= 15 is 0 Å². The number of benzene rings is 2. The number of alkyl halides is 3. The normalized spacial score (nSPS) is 11.5. The van der Waals surface area contributed by atoms with Gasteiger partial charge in [0.2, 0.25) is 0 Å². The van der Waals surface area contributed by atoms with Gasteiger partial charge in [0.1, 0.15) is 18.0 Å². The van der Waals surface area contributed by atoms with E-state index in [0.717, 1.165) is 4.90 Å². The highest BCUT2D eigenvalue weighted by Crippen LogP contribution is 2.27. The number of amides is 1. The molecule has 1 amide bonds. The van der Waals surface area contributed by atoms with Crippen molar-refractivity contribution in [2.45, 2.75) is 32.7 Å². The monoisotopic (exact) mass is 477 g/mol. The van der Waals surface area contributed by atoms with Crippen LogP contribution in [0.4, 0.5) is 13.2 Å². The van der Waals surface area contributed by atoms with Gasteiger partial charge in [-0.3, -0.25) is 19.5 Å². The Balaban J connectivity index is 1.87. The summed E-state index contributed by atoms with van der Waals surface area (Å²) in [5, 5.41) is 11.3. The molecule has 8 nitrogen and oxygen atoms in total. The zero-order chi connectivity index (χ0) is 25.0. The molecule has 3 rings (SSSR count). The summed E-state index contributed by atoms with van der Waals surface area (Å²) in [7, 11) is 0. The van der Waals surface area contributed by atoms with Crippen LogP contribution in [-0.4, -0.2) is 44.3 Å². The highest BCUT2D eigenvalue weighted by atomic mass is 19.4. The zero-order valence-electron chi connectivity index (χ0n) is 18.3. The van der Waals surface area contributed by atoms with Gasteiger partial charge in [0.15, 0.2) is 0 Å². The molecule has 0 aliphatic rings. The lowest BCUT2D eigenvalue weighted by Crippen LogP contribution is -2.35. The van der Waals surface area contributed by atoms with Gasteiger partial charge in [0.05, 0.1) is 11.8 Å². The second kappa shape index (κ2) is 9.86. The molecule has 0 atom stereocenters. The van der Waals surface area contributed by atoms with Crippen LogP contribution in [0.1, 0.15) is 35.5 Å². The smallest absolute Gasteiger partial charge is 0.432 e. The average molecular weight is 477 g/mol. The molecule has 0 unspecified atom stereocenters. The van der Waals surface area contributed by atoms with Gasteiger partial charge >= 0.3 is 12.1 Å². The predicted molar refractivity (Wildman–Crippen MR) is 116 cm³/mol. The van der Waals surface area contributed by atoms with Crippen molar-refractivity contribution in [3.05, 3.63) is 81.8 Å². The number of aliphatic carboxylic acids is 1. The summed E-state index contributed by atoms with van der Waals surface area (Å²) >= 11 is 0. The van der Waals surface area contributed by atoms with Crippen LogP contribution in [0.15, 0.2) is 59.4 Å². The highest BCUT2D eigenvalue weighted by Gasteiger charge is 2.33. The van der Waals surface area contributed by atoms with Crippen molar-refractivity contribution >= 4 is 11.9 Å². The van der Waals surface area contributed by atoms with E-state index in [1.807, 2.05) is 18.9 Å². The number of rotatable bonds is 8. The maximum atomic E-state index is 13.1. The number of hydrogen-bond acceptors (Lipinski definition) is 4. The third-order valence-electron chi connectivity index (χ3n) is 4.66. The number of nitrogens with one attached hydrogen (secondary N) is 1. The van der Waals surface area contributed by atoms with Crippen LogP contribution in [0.25, 0.3) is 5.69 Å². The number of nitrogens with zero attached hydrogens (tertiary/aromatic N) is 2. The van der Waals surface area contributed by atoms with Gasteiger partial charge in [-0.25, -0.2) is 4.68 Å². The van der Waals surface area contributed by atoms with Crippen LogP contribution in [0.3, 0.4) is 0 Å². The number of carbonyl (C=O) groups is 2. The minimum absolute atomic E-state index is 0.00295. The number of carboxylic acid groups (broad SMARTS) is 1. The van der Waals surface area contributed by atoms with Gasteiger partial charge < -0.3 is 14.7 Å². The van der Waals surface area contributed by atoms with Crippen LogP contribution in [0, 0.1) is 0 Å². The van der Waals surface area contributed by atoms with Crippen molar-refractivity contribution in [3.8, 4) is 11.4 Å². The molecule has 34 heavy (non-hydrogen) atoms. The maximum Gasteiger partial charge on any atom is 0.432 e. The number of halogens is 3. The molecule has 0 aliphatic carbocycles. The van der Waals surface area contributed by atoms with Gasteiger partial charge in [-0.15, -0.1) is 0 Å². The lowest BCUT2D eigenvalue weighted by atomic mass is 10.1. The van der Waals surface area contributed by atoms with Gasteiger partial charge in [-0.1, -0.05) is 18.2 Å². The summed E-state index contributed by atoms with van der Waals surface area (Å²) in [5.41, 5.74) is -1.53. The third kappa shape index (κ3) is 6.06. The fourth-order valence-corrected chi connectivity index (χ4v) is 3.22. The number of carboxylic acids is 1. The number of aromatic amines is 1. The molecule has 0 aliphatic heterocycles. The molecule has 0 spiro atoms. The molecular weight excluding hydrogens is 455 g/mol. The first-order valence-electron chi connectivity index (χ1n) is 10.2. The van der Waals surface area contributed by atoms with Crippen LogP contribution >= 0.6 is 0 Å². The highest BCUT2D eigenvalue weighted by molar-refractivity contribution is 5.96. The largest absolute Gasteiger partial charge is 0.491 e. The van der Waals surface area contributed by atoms with Crippen molar-refractivity contribution in [2.75, 3.05) is 6.54 Å². The van der Waals surface area contributed by atoms with Crippen molar-refractivity contribution in [3.63, 3.8) is 0 Å². The second-order valence-corrected chi connectivity index (χ2v) is 7.76. The Morgan fingerprint density at radius 2 is 1.79 bits per heavy atom. The summed E-state index contributed by atoms with van der Waals surface area (Å²) in [6.07, 6.45) is -4.77. The number of aromatic nitrogens is 2. The first kappa shape index (κ1) is 24.6. The molecule has 0 radical (unpaired) electrons. The van der Waals surface area contributed by atoms with Crippen molar-refractivity contribution in [2.24, 2.45) is 0 Å². The SMILES string of the molecule is CC(C)Oc1ccc(CN(CC(=O)O)C(=O)c2cccc(-n3[nH]c(C(F)(F)F)cc3=O)c2)cc1. The topological polar surface area (TPSA) is 105 Å². The molecule has 1 heterocycles. The molecule has 180 valence electrons. The average Bonchev–Trinajstić information content (AvgIpc) is 3.16. The number of H-pyrrole nitrogens is 1. The van der Waals surface area contributed by atoms with E-state index in [0.29, 0.717) is 22.1 Å². The summed E-state index contributed by atoms with van der Waals surface area (Å²) < 4.78 is 45.0. The lowest BCUT2D eigenvalue weighted by molar-refractivity contribution is -0.141. The van der Waals surface area contributed by atoms with Crippen LogP contribution in [-0.2, 0) is 17.5 Å². The van der Waals surface area contributed by atoms with Crippen molar-refractivity contribution < 1.29 is 32.6 Å². The van der Waals surface area contributed by atoms with Crippen LogP contribution < -0.4 is 10.3 Å². The van der Waals surface area contributed by atoms with E-state index in [2.05, 4.69) is 0 Å². The summed E-state index contributed by atoms with van der Waals surface area (Å²) in [4.78, 5) is 37.6. The second-order valence-electron chi connectivity index (χ2n) is 7.76. The van der Waals surface area contributed by atoms with Crippen molar-refractivity contribution in [1.82, 2.24) is 14.7 Å². The van der Waals surface area contributed by atoms with Crippen LogP contribution in [0.5, 0.6) is 5.75 Å². The molecular formula is C23H22F3N3O5. The van der Waals surface area contributed by atoms with E-state index in [1.54, 1.807) is 24.3 Å². The third-order valence-corrected chi connectivity index (χ3v) is 4.66. The number of carbonyl (C=O) groups excluding carboxylic acids is 1. The molecule has 11 heteroatoms. The minimum atomic E-state index is -4.74. The number of hydrogen-bond donors (Lipinski definition) is 2. The van der Waals surface area contributed by atoms with E-state index in [1.165, 1.54) is 24.3 Å². The van der Waals surface area contributed by atoms with Gasteiger partial charge in [0.25, 0.3) is 11.5 Å². The Hall–Kier alpha value is -4.02. The minimum Gasteiger partial charge on any atom is -0.491 e. The molecule has 2 N–H and O–H groups in total. The fourth-order valence-electron chi connectivity index (χ4n) is 3.22. The molecule has 0 fully saturated rings. The molecule has 3 aromatic rings. The molecule has 0 saturated heterocycles. The van der Waals surface area contributed by atoms with E-state index in [9.17, 15) is 32.7 Å². The maximum absolute atomic E-state index is 13.1. The standard InChI is InChI=1S/C23H22F3N3O5/c1-14(2)34-18-8-6-15(7-9-18)12-28(13-21(31)32)22(33)16-4-3-5-17(10-16)29-20(30)11-19(27-29)23(24,25)26/h3-11,14,27H,12-13H2,1-2H3,(H,31,32). The summed E-state index contributed by atoms with van der Waals surface area (Å²) in [6, 6.07) is 12.6. The molecule has 1 aromatic heterocycles. The molecule has 0 saturated carbocycles. The fraction of sp³-hybridized carbons (Fsp3) is 0.261.